The summed E-state index contributed by atoms with van der Waals surface area (Å²) in [6.07, 6.45) is 4.52. The third-order valence-electron chi connectivity index (χ3n) is 4.50. The van der Waals surface area contributed by atoms with E-state index in [1.807, 2.05) is 12.2 Å². The highest BCUT2D eigenvalue weighted by molar-refractivity contribution is 5.96. The van der Waals surface area contributed by atoms with Gasteiger partial charge in [-0.05, 0) is 42.9 Å². The van der Waals surface area contributed by atoms with Crippen LogP contribution < -0.4 is 5.32 Å². The molecule has 0 aliphatic heterocycles. The Balaban J connectivity index is 1.83. The molecule has 1 amide bonds. The number of halogens is 1. The van der Waals surface area contributed by atoms with Crippen molar-refractivity contribution in [2.24, 2.45) is 23.7 Å². The van der Waals surface area contributed by atoms with Crippen molar-refractivity contribution in [1.29, 1.82) is 0 Å². The van der Waals surface area contributed by atoms with E-state index in [9.17, 15) is 19.1 Å². The first-order chi connectivity index (χ1) is 9.97. The molecule has 4 atom stereocenters. The Morgan fingerprint density at radius 1 is 1.24 bits per heavy atom. The lowest BCUT2D eigenvalue weighted by Crippen LogP contribution is -2.36. The predicted octanol–water partition coefficient (Wildman–Crippen LogP) is 2.60. The fourth-order valence-electron chi connectivity index (χ4n) is 3.46. The molecule has 0 radical (unpaired) electrons. The lowest BCUT2D eigenvalue weighted by atomic mass is 9.82. The minimum absolute atomic E-state index is 0.0371. The maximum Gasteiger partial charge on any atom is 0.307 e. The van der Waals surface area contributed by atoms with Crippen LogP contribution >= 0.6 is 0 Å². The van der Waals surface area contributed by atoms with Crippen LogP contribution in [0.5, 0.6) is 0 Å². The third kappa shape index (κ3) is 2.33. The first kappa shape index (κ1) is 13.8. The molecule has 4 nitrogen and oxygen atoms in total. The van der Waals surface area contributed by atoms with Gasteiger partial charge >= 0.3 is 5.97 Å². The number of anilines is 1. The number of aliphatic carboxylic acids is 1. The topological polar surface area (TPSA) is 66.4 Å². The molecule has 110 valence electrons. The van der Waals surface area contributed by atoms with Gasteiger partial charge in [0.1, 0.15) is 5.82 Å². The fourth-order valence-corrected chi connectivity index (χ4v) is 3.46. The maximum absolute atomic E-state index is 13.3. The summed E-state index contributed by atoms with van der Waals surface area (Å²) < 4.78 is 13.3. The van der Waals surface area contributed by atoms with Crippen LogP contribution in [0.25, 0.3) is 0 Å². The molecule has 1 fully saturated rings. The van der Waals surface area contributed by atoms with E-state index in [0.717, 1.165) is 5.56 Å². The molecule has 0 unspecified atom stereocenters. The summed E-state index contributed by atoms with van der Waals surface area (Å²) in [4.78, 5) is 23.9. The van der Waals surface area contributed by atoms with Crippen LogP contribution in [0.4, 0.5) is 10.1 Å². The molecule has 1 saturated carbocycles. The second-order valence-corrected chi connectivity index (χ2v) is 5.79. The molecular weight excluding hydrogens is 273 g/mol. The zero-order chi connectivity index (χ0) is 15.1. The first-order valence-electron chi connectivity index (χ1n) is 6.95. The van der Waals surface area contributed by atoms with Crippen LogP contribution in [0, 0.1) is 36.4 Å². The minimum atomic E-state index is -0.942. The molecular formula is C16H16FNO3. The van der Waals surface area contributed by atoms with E-state index < -0.39 is 23.6 Å². The largest absolute Gasteiger partial charge is 0.481 e. The van der Waals surface area contributed by atoms with E-state index in [2.05, 4.69) is 5.32 Å². The summed E-state index contributed by atoms with van der Waals surface area (Å²) in [5.74, 6) is -3.09. The molecule has 1 aromatic rings. The fraction of sp³-hybridized carbons (Fsp3) is 0.375. The molecule has 2 aliphatic rings. The summed E-state index contributed by atoms with van der Waals surface area (Å²) in [6.45, 7) is 1.77. The highest BCUT2D eigenvalue weighted by atomic mass is 19.1. The Morgan fingerprint density at radius 3 is 2.57 bits per heavy atom. The second kappa shape index (κ2) is 4.98. The molecule has 0 saturated heterocycles. The number of allylic oxidation sites excluding steroid dienone is 2. The van der Waals surface area contributed by atoms with Crippen molar-refractivity contribution in [3.05, 3.63) is 41.7 Å². The zero-order valence-electron chi connectivity index (χ0n) is 11.5. The Morgan fingerprint density at radius 2 is 1.90 bits per heavy atom. The molecule has 1 aromatic carbocycles. The van der Waals surface area contributed by atoms with Gasteiger partial charge in [-0.3, -0.25) is 9.59 Å². The molecule has 2 N–H and O–H groups in total. The number of benzene rings is 1. The van der Waals surface area contributed by atoms with Crippen molar-refractivity contribution in [2.75, 3.05) is 5.32 Å². The smallest absolute Gasteiger partial charge is 0.307 e. The number of hydrogen-bond donors (Lipinski definition) is 2. The number of rotatable bonds is 3. The van der Waals surface area contributed by atoms with Crippen LogP contribution in [0.1, 0.15) is 12.0 Å². The number of carbonyl (C=O) groups excluding carboxylic acids is 1. The van der Waals surface area contributed by atoms with Gasteiger partial charge in [0.2, 0.25) is 5.91 Å². The van der Waals surface area contributed by atoms with Gasteiger partial charge in [-0.2, -0.15) is 0 Å². The number of fused-ring (bicyclic) bond motifs is 2. The summed E-state index contributed by atoms with van der Waals surface area (Å²) >= 11 is 0. The van der Waals surface area contributed by atoms with Crippen molar-refractivity contribution in [3.63, 3.8) is 0 Å². The van der Waals surface area contributed by atoms with Gasteiger partial charge in [0.05, 0.1) is 11.8 Å². The van der Waals surface area contributed by atoms with Gasteiger partial charge < -0.3 is 10.4 Å². The average molecular weight is 289 g/mol. The summed E-state index contributed by atoms with van der Waals surface area (Å²) in [7, 11) is 0. The molecule has 0 heterocycles. The van der Waals surface area contributed by atoms with Crippen LogP contribution in [-0.4, -0.2) is 17.0 Å². The van der Waals surface area contributed by atoms with E-state index in [1.54, 1.807) is 13.0 Å². The quantitative estimate of drug-likeness (QED) is 0.841. The van der Waals surface area contributed by atoms with E-state index in [4.69, 9.17) is 0 Å². The van der Waals surface area contributed by atoms with Gasteiger partial charge in [-0.15, -0.1) is 0 Å². The van der Waals surface area contributed by atoms with Gasteiger partial charge in [-0.1, -0.05) is 18.2 Å². The normalized spacial score (nSPS) is 29.6. The second-order valence-electron chi connectivity index (χ2n) is 5.79. The molecule has 0 spiro atoms. The van der Waals surface area contributed by atoms with Crippen LogP contribution in [0.3, 0.4) is 0 Å². The highest BCUT2D eigenvalue weighted by Crippen LogP contribution is 2.48. The molecule has 5 heteroatoms. The number of hydrogen-bond acceptors (Lipinski definition) is 2. The van der Waals surface area contributed by atoms with Crippen LogP contribution in [-0.2, 0) is 9.59 Å². The lowest BCUT2D eigenvalue weighted by Gasteiger charge is -2.24. The Kier molecular flexibility index (Phi) is 3.27. The van der Waals surface area contributed by atoms with Crippen LogP contribution in [0.15, 0.2) is 30.4 Å². The number of nitrogens with one attached hydrogen (secondary N) is 1. The van der Waals surface area contributed by atoms with Crippen molar-refractivity contribution in [3.8, 4) is 0 Å². The Bertz CT molecular complexity index is 640. The highest BCUT2D eigenvalue weighted by Gasteiger charge is 2.51. The number of carbonyl (C=O) groups is 2. The SMILES string of the molecule is Cc1ccc(F)cc1NC(=O)[C@H]1[C@@H](C(=O)O)[C@H]2C=C[C@@H]1C2. The van der Waals surface area contributed by atoms with E-state index in [0.29, 0.717) is 12.1 Å². The van der Waals surface area contributed by atoms with Crippen molar-refractivity contribution in [1.82, 2.24) is 0 Å². The summed E-state index contributed by atoms with van der Waals surface area (Å²) in [5, 5.41) is 12.0. The van der Waals surface area contributed by atoms with E-state index in [1.165, 1.54) is 12.1 Å². The summed E-state index contributed by atoms with van der Waals surface area (Å²) in [5.41, 5.74) is 1.14. The van der Waals surface area contributed by atoms with Gasteiger partial charge in [0.25, 0.3) is 0 Å². The van der Waals surface area contributed by atoms with Gasteiger partial charge in [0, 0.05) is 5.69 Å². The summed E-state index contributed by atoms with van der Waals surface area (Å²) in [6, 6.07) is 4.16. The molecule has 0 aromatic heterocycles. The van der Waals surface area contributed by atoms with Gasteiger partial charge in [0.15, 0.2) is 0 Å². The lowest BCUT2D eigenvalue weighted by molar-refractivity contribution is -0.146. The molecule has 3 rings (SSSR count). The van der Waals surface area contributed by atoms with Crippen molar-refractivity contribution < 1.29 is 19.1 Å². The first-order valence-corrected chi connectivity index (χ1v) is 6.95. The average Bonchev–Trinajstić information content (AvgIpc) is 3.03. The zero-order valence-corrected chi connectivity index (χ0v) is 11.5. The molecule has 2 aliphatic carbocycles. The number of carboxylic acids is 1. The number of aryl methyl sites for hydroxylation is 1. The van der Waals surface area contributed by atoms with Crippen molar-refractivity contribution in [2.45, 2.75) is 13.3 Å². The third-order valence-corrected chi connectivity index (χ3v) is 4.50. The van der Waals surface area contributed by atoms with Gasteiger partial charge in [-0.25, -0.2) is 4.39 Å². The van der Waals surface area contributed by atoms with Crippen LogP contribution in [0.2, 0.25) is 0 Å². The van der Waals surface area contributed by atoms with E-state index >= 15 is 0 Å². The van der Waals surface area contributed by atoms with Crippen molar-refractivity contribution >= 4 is 17.6 Å². The number of carboxylic acid groups (broad SMARTS) is 1. The van der Waals surface area contributed by atoms with E-state index in [-0.39, 0.29) is 17.7 Å². The Hall–Kier alpha value is -2.17. The molecule has 21 heavy (non-hydrogen) atoms. The maximum atomic E-state index is 13.3. The predicted molar refractivity (Wildman–Crippen MR) is 75.1 cm³/mol. The Labute approximate surface area is 121 Å². The monoisotopic (exact) mass is 289 g/mol. The standard InChI is InChI=1S/C16H16FNO3/c1-8-2-5-11(17)7-12(8)18-15(19)13-9-3-4-10(6-9)14(13)16(20)21/h2-5,7,9-10,13-14H,6H2,1H3,(H,18,19)(H,20,21)/t9-,10+,13-,14+/m1/s1. The minimum Gasteiger partial charge on any atom is -0.481 e. The number of amides is 1. The molecule has 2 bridgehead atoms.